The van der Waals surface area contributed by atoms with Gasteiger partial charge in [0.05, 0.1) is 111 Å². The number of hydrogen-bond donors (Lipinski definition) is 0. The first-order chi connectivity index (χ1) is 60.8. The lowest BCUT2D eigenvalue weighted by atomic mass is 9.85. The van der Waals surface area contributed by atoms with E-state index in [9.17, 15) is 94.2 Å². The van der Waals surface area contributed by atoms with Gasteiger partial charge < -0.3 is 52.3 Å². The molecule has 10 heterocycles. The van der Waals surface area contributed by atoms with Crippen LogP contribution < -0.4 is 15.9 Å². The van der Waals surface area contributed by atoms with Crippen LogP contribution in [0.2, 0.25) is 0 Å². The number of cyclic esters (lactones) is 2. The van der Waals surface area contributed by atoms with E-state index in [1.54, 1.807) is 49.1 Å². The van der Waals surface area contributed by atoms with Crippen LogP contribution in [0, 0.1) is 74.5 Å². The van der Waals surface area contributed by atoms with Gasteiger partial charge in [0.2, 0.25) is 23.4 Å². The van der Waals surface area contributed by atoms with Crippen molar-refractivity contribution in [3.05, 3.63) is 263 Å². The fraction of sp³-hybridized carbons (Fsp3) is 0.322. The smallest absolute Gasteiger partial charge is 0.415 e. The summed E-state index contributed by atoms with van der Waals surface area (Å²) in [6, 6.07) is 26.5. The number of para-hydroxylation sites is 1. The number of carbonyl (C=O) groups excluding carboxylic acids is 5. The number of nitro groups is 6. The maximum absolute atomic E-state index is 14.5. The molecule has 40 nitrogen and oxygen atoms in total. The molecule has 0 bridgehead atoms. The zero-order valence-electron chi connectivity index (χ0n) is 68.8. The number of hydrogen-bond acceptors (Lipinski definition) is 31. The Hall–Kier alpha value is -15.5. The van der Waals surface area contributed by atoms with Gasteiger partial charge in [-0.15, -0.1) is 0 Å². The van der Waals surface area contributed by atoms with Crippen LogP contribution in [-0.4, -0.2) is 144 Å². The number of aromatic nitrogens is 4. The number of piperidine rings is 2. The molecule has 0 spiro atoms. The van der Waals surface area contributed by atoms with Crippen molar-refractivity contribution in [2.24, 2.45) is 10.3 Å². The highest BCUT2D eigenvalue weighted by atomic mass is 16.7. The van der Waals surface area contributed by atoms with Gasteiger partial charge in [-0.2, -0.15) is 0 Å². The first-order valence-corrected chi connectivity index (χ1v) is 40.7. The van der Waals surface area contributed by atoms with Crippen molar-refractivity contribution in [3.63, 3.8) is 0 Å². The van der Waals surface area contributed by atoms with Crippen LogP contribution >= 0.6 is 0 Å². The van der Waals surface area contributed by atoms with Crippen LogP contribution in [0.25, 0.3) is 66.8 Å². The van der Waals surface area contributed by atoms with E-state index in [0.717, 1.165) is 89.8 Å². The van der Waals surface area contributed by atoms with E-state index >= 15 is 0 Å². The van der Waals surface area contributed by atoms with Crippen LogP contribution in [0.3, 0.4) is 0 Å². The van der Waals surface area contributed by atoms with E-state index in [0.29, 0.717) is 65.1 Å². The number of pyridine rings is 4. The predicted molar refractivity (Wildman–Crippen MR) is 448 cm³/mol. The van der Waals surface area contributed by atoms with E-state index in [2.05, 4.69) is 15.2 Å². The van der Waals surface area contributed by atoms with Crippen LogP contribution in [-0.2, 0) is 91.7 Å². The third kappa shape index (κ3) is 14.0. The minimum Gasteiger partial charge on any atom is -0.457 e. The molecule has 648 valence electrons. The number of non-ortho nitro benzene ring substituents is 4. The monoisotopic (exact) mass is 1730 g/mol. The molecule has 0 saturated carbocycles. The molecule has 2 fully saturated rings. The standard InChI is InChI=1S/C50H48N8O14.C37H26N6O12/c1-5-32-33-22-31(70-49(62)54-16-12-28(13-17-54)53-14-8-7-9-15-53)10-11-39(33)51-45-36(32)24-55-41(45)23-38-37(46(55)59)25-69-48(61)50(38,6-2)71-47(60)27(4)72-52-44-34-19-29(56(63)64)18-26(3)42(34)43-35(44)20-30(57(65)66)21-40(43)58(67)68;1-4-37(26-14-29-32-20(10-19-7-5-6-8-27(19)38-32)15-40(29)34(44)25(26)16-53-36(37)46)54-35(45)18(3)55-39-33-23-11-21(41(47)48)9-17(2)30(23)31-24(33)12-22(42(49)50)13-28(31)43(51)52/h10-11,18-23,27-28H,5-9,12-17,24-25H2,1-4H3;5-14,18H,4,15-16H2,1-3H3/b52-44+;39-33+/t27-,50+;18-,37+/m11/s1. The summed E-state index contributed by atoms with van der Waals surface area (Å²) < 4.78 is 31.8. The summed E-state index contributed by atoms with van der Waals surface area (Å²) >= 11 is 0. The molecule has 0 unspecified atom stereocenters. The molecule has 2 saturated heterocycles. The molecule has 18 rings (SSSR count). The van der Waals surface area contributed by atoms with Crippen molar-refractivity contribution in [2.45, 2.75) is 156 Å². The van der Waals surface area contributed by atoms with Gasteiger partial charge in [-0.1, -0.05) is 55.7 Å². The number of ether oxygens (including phenoxy) is 5. The van der Waals surface area contributed by atoms with Gasteiger partial charge in [0.15, 0.2) is 0 Å². The molecule has 127 heavy (non-hydrogen) atoms. The van der Waals surface area contributed by atoms with E-state index in [4.69, 9.17) is 43.3 Å². The Labute approximate surface area is 715 Å². The van der Waals surface area contributed by atoms with Crippen molar-refractivity contribution in [3.8, 4) is 50.8 Å². The fourth-order valence-electron chi connectivity index (χ4n) is 18.5. The molecule has 4 aromatic heterocycles. The maximum Gasteiger partial charge on any atom is 0.415 e. The number of likely N-dealkylation sites (tertiary alicyclic amines) is 2. The molecular weight excluding hydrogens is 1660 g/mol. The summed E-state index contributed by atoms with van der Waals surface area (Å²) in [6.45, 7) is 13.6. The molecule has 6 aliphatic heterocycles. The number of esters is 4. The molecule has 40 heteroatoms. The average molecular weight is 1730 g/mol. The molecule has 0 radical (unpaired) electrons. The molecule has 6 aromatic carbocycles. The minimum absolute atomic E-state index is 0.00307. The molecule has 2 aliphatic carbocycles. The van der Waals surface area contributed by atoms with E-state index in [1.807, 2.05) is 37.3 Å². The zero-order chi connectivity index (χ0) is 90.0. The van der Waals surface area contributed by atoms with Crippen LogP contribution in [0.4, 0.5) is 38.9 Å². The summed E-state index contributed by atoms with van der Waals surface area (Å²) in [5.74, 6) is -3.79. The SMILES string of the molecule is CC[C@@]1(OC(=O)[C@@H](C)O/N=C2\c3cc([N+](=O)[O-])cc(C)c3-c3c2cc([N+](=O)[O-])cc3[N+](=O)[O-])C(=O)OCc2c1cc1n(c2=O)Cc2cc3ccccc3nc2-1.CCc1c2c(nc3ccc(OC(=O)N4CCC(N5CCCCC5)CC4)cc13)-c1cc3c(c(=O)n1C2)COC(=O)[C@@]3(CC)OC(=O)[C@@H](C)O/N=C1\c2cc([N+](=O)[O-])cc(C)c2-c2c1cc([N+](=O)[O-])cc2[N+](=O)[O-]. The van der Waals surface area contributed by atoms with E-state index in [-0.39, 0.29) is 122 Å². The van der Waals surface area contributed by atoms with Gasteiger partial charge in [0.1, 0.15) is 30.4 Å². The van der Waals surface area contributed by atoms with Crippen molar-refractivity contribution < 1.29 is 86.9 Å². The second kappa shape index (κ2) is 32.0. The normalized spacial score (nSPS) is 18.4. The average Bonchev–Trinajstić information content (AvgIpc) is 1.65. The first-order valence-electron chi connectivity index (χ1n) is 40.7. The minimum atomic E-state index is -2.16. The Kier molecular flexibility index (Phi) is 21.1. The van der Waals surface area contributed by atoms with Gasteiger partial charge in [-0.25, -0.2) is 33.9 Å². The lowest BCUT2D eigenvalue weighted by Gasteiger charge is -2.39. The second-order valence-corrected chi connectivity index (χ2v) is 31.9. The van der Waals surface area contributed by atoms with Gasteiger partial charge in [-0.05, 0) is 145 Å². The Bertz CT molecular complexity index is 6820. The fourth-order valence-corrected chi connectivity index (χ4v) is 18.5. The van der Waals surface area contributed by atoms with Gasteiger partial charge >= 0.3 is 30.0 Å². The van der Waals surface area contributed by atoms with Gasteiger partial charge in [0.25, 0.3) is 45.2 Å². The Morgan fingerprint density at radius 1 is 0.528 bits per heavy atom. The number of nitro benzene ring substituents is 6. The third-order valence-electron chi connectivity index (χ3n) is 24.7. The number of fused-ring (bicyclic) bond motifs is 16. The predicted octanol–water partition coefficient (Wildman–Crippen LogP) is 13.0. The van der Waals surface area contributed by atoms with Gasteiger partial charge in [0, 0.05) is 122 Å². The largest absolute Gasteiger partial charge is 0.457 e. The van der Waals surface area contributed by atoms with Crippen LogP contribution in [0.15, 0.2) is 129 Å². The first kappa shape index (κ1) is 83.7. The summed E-state index contributed by atoms with van der Waals surface area (Å²) in [5.41, 5.74) is -2.91. The molecular formula is C87H74N14O26. The van der Waals surface area contributed by atoms with Crippen LogP contribution in [0.5, 0.6) is 5.75 Å². The van der Waals surface area contributed by atoms with E-state index in [1.165, 1.54) is 68.2 Å². The lowest BCUT2D eigenvalue weighted by molar-refractivity contribution is -0.394. The quantitative estimate of drug-likeness (QED) is 0.0314. The highest BCUT2D eigenvalue weighted by molar-refractivity contribution is 6.28. The highest BCUT2D eigenvalue weighted by Gasteiger charge is 2.54. The summed E-state index contributed by atoms with van der Waals surface area (Å²) in [4.78, 5) is 190. The summed E-state index contributed by atoms with van der Waals surface area (Å²) in [7, 11) is 0. The van der Waals surface area contributed by atoms with Crippen molar-refractivity contribution in [2.75, 3.05) is 26.2 Å². The van der Waals surface area contributed by atoms with Crippen LogP contribution in [0.1, 0.15) is 152 Å². The van der Waals surface area contributed by atoms with Crippen molar-refractivity contribution in [1.29, 1.82) is 0 Å². The Balaban J connectivity index is 0.000000185. The number of benzene rings is 6. The zero-order valence-corrected chi connectivity index (χ0v) is 68.8. The highest BCUT2D eigenvalue weighted by Crippen LogP contribution is 2.52. The summed E-state index contributed by atoms with van der Waals surface area (Å²) in [5, 5.41) is 81.6. The maximum atomic E-state index is 14.5. The van der Waals surface area contributed by atoms with Gasteiger partial charge in [-0.3, -0.25) is 70.3 Å². The number of rotatable bonds is 19. The molecule has 1 amide bonds. The topological polar surface area (TPSA) is 510 Å². The number of amides is 1. The Morgan fingerprint density at radius 3 is 1.47 bits per heavy atom. The number of aryl methyl sites for hydroxylation is 3. The number of nitrogens with zero attached hydrogens (tertiary/aromatic N) is 14. The molecule has 0 N–H and O–H groups in total. The van der Waals surface area contributed by atoms with E-state index < -0.39 is 135 Å². The second-order valence-electron chi connectivity index (χ2n) is 31.9. The molecule has 10 aromatic rings. The Morgan fingerprint density at radius 2 is 0.992 bits per heavy atom. The molecule has 8 aliphatic rings. The van der Waals surface area contributed by atoms with Crippen molar-refractivity contribution in [1.82, 2.24) is 28.9 Å². The molecule has 4 atom stereocenters. The number of oxime groups is 2. The number of carbonyl (C=O) groups is 5. The van der Waals surface area contributed by atoms with Crippen molar-refractivity contribution >= 4 is 97.3 Å². The lowest BCUT2D eigenvalue weighted by Crippen LogP contribution is -2.48. The summed E-state index contributed by atoms with van der Waals surface area (Å²) in [6.07, 6.45) is 2.03. The third-order valence-corrected chi connectivity index (χ3v) is 24.7.